The van der Waals surface area contributed by atoms with Crippen LogP contribution in [0.15, 0.2) is 11.9 Å². The summed E-state index contributed by atoms with van der Waals surface area (Å²) in [5, 5.41) is 20.1. The van der Waals surface area contributed by atoms with Crippen molar-refractivity contribution in [1.29, 1.82) is 0 Å². The number of aliphatic hydroxyl groups excluding tert-OH is 2. The van der Waals surface area contributed by atoms with Crippen LogP contribution in [0.5, 0.6) is 0 Å². The zero-order chi connectivity index (χ0) is 10.6. The van der Waals surface area contributed by atoms with Gasteiger partial charge in [-0.25, -0.2) is 0 Å². The third-order valence-corrected chi connectivity index (χ3v) is 2.37. The van der Waals surface area contributed by atoms with Crippen molar-refractivity contribution in [3.8, 4) is 0 Å². The number of rotatable bonds is 5. The minimum absolute atomic E-state index is 0.0308. The molecule has 0 aromatic heterocycles. The zero-order valence-corrected chi connectivity index (χ0v) is 8.75. The van der Waals surface area contributed by atoms with Crippen LogP contribution in [0.25, 0.3) is 0 Å². The van der Waals surface area contributed by atoms with Crippen molar-refractivity contribution in [3.63, 3.8) is 0 Å². The average molecular weight is 201 g/mol. The van der Waals surface area contributed by atoms with Crippen molar-refractivity contribution < 1.29 is 10.2 Å². The van der Waals surface area contributed by atoms with E-state index in [1.165, 1.54) is 0 Å². The first kappa shape index (κ1) is 11.3. The van der Waals surface area contributed by atoms with Crippen LogP contribution >= 0.6 is 0 Å². The summed E-state index contributed by atoms with van der Waals surface area (Å²) in [5.41, 5.74) is 6.57. The van der Waals surface area contributed by atoms with Crippen LogP contribution in [0.2, 0.25) is 0 Å². The van der Waals surface area contributed by atoms with Crippen LogP contribution in [0, 0.1) is 5.41 Å². The number of hydrazine groups is 2. The molecule has 0 radical (unpaired) electrons. The molecule has 0 saturated carbocycles. The van der Waals surface area contributed by atoms with Crippen LogP contribution in [0.4, 0.5) is 0 Å². The van der Waals surface area contributed by atoms with Crippen molar-refractivity contribution in [2.45, 2.75) is 20.3 Å². The third-order valence-electron chi connectivity index (χ3n) is 2.37. The number of hydrogen-bond acceptors (Lipinski definition) is 5. The standard InChI is InChI=1S/C9H19N3O2/c1-3-8-4-12(11-10-8)5-9(2,6-13)7-14/h4,10-11,13-14H,3,5-7H2,1-2H3. The first-order chi connectivity index (χ1) is 6.63. The highest BCUT2D eigenvalue weighted by atomic mass is 16.3. The van der Waals surface area contributed by atoms with E-state index in [4.69, 9.17) is 10.2 Å². The molecule has 0 amide bonds. The smallest absolute Gasteiger partial charge is 0.0524 e. The molecule has 0 fully saturated rings. The number of nitrogens with one attached hydrogen (secondary N) is 2. The molecule has 0 bridgehead atoms. The highest BCUT2D eigenvalue weighted by Crippen LogP contribution is 2.17. The fourth-order valence-corrected chi connectivity index (χ4v) is 1.22. The lowest BCUT2D eigenvalue weighted by Crippen LogP contribution is -2.45. The molecule has 0 aromatic carbocycles. The number of allylic oxidation sites excluding steroid dienone is 1. The van der Waals surface area contributed by atoms with E-state index in [9.17, 15) is 0 Å². The Kier molecular flexibility index (Phi) is 3.74. The maximum atomic E-state index is 9.11. The summed E-state index contributed by atoms with van der Waals surface area (Å²) in [6.07, 6.45) is 2.88. The lowest BCUT2D eigenvalue weighted by Gasteiger charge is -2.29. The highest BCUT2D eigenvalue weighted by molar-refractivity contribution is 5.01. The maximum Gasteiger partial charge on any atom is 0.0524 e. The van der Waals surface area contributed by atoms with Crippen LogP contribution < -0.4 is 11.0 Å². The van der Waals surface area contributed by atoms with Gasteiger partial charge in [-0.1, -0.05) is 13.8 Å². The van der Waals surface area contributed by atoms with Gasteiger partial charge in [0.05, 0.1) is 13.2 Å². The van der Waals surface area contributed by atoms with Crippen LogP contribution in [-0.2, 0) is 0 Å². The summed E-state index contributed by atoms with van der Waals surface area (Å²) in [6.45, 7) is 4.40. The first-order valence-electron chi connectivity index (χ1n) is 4.84. The molecular weight excluding hydrogens is 182 g/mol. The Hall–Kier alpha value is -0.780. The Balaban J connectivity index is 2.49. The van der Waals surface area contributed by atoms with Gasteiger partial charge in [0.1, 0.15) is 0 Å². The molecule has 0 atom stereocenters. The van der Waals surface area contributed by atoms with Gasteiger partial charge in [-0.3, -0.25) is 5.01 Å². The number of aliphatic hydroxyl groups is 2. The van der Waals surface area contributed by atoms with Crippen LogP contribution in [0.3, 0.4) is 0 Å². The quantitative estimate of drug-likeness (QED) is 0.485. The zero-order valence-electron chi connectivity index (χ0n) is 8.75. The van der Waals surface area contributed by atoms with E-state index in [-0.39, 0.29) is 13.2 Å². The van der Waals surface area contributed by atoms with Crippen molar-refractivity contribution in [1.82, 2.24) is 16.0 Å². The molecule has 0 spiro atoms. The van der Waals surface area contributed by atoms with Crippen molar-refractivity contribution in [2.24, 2.45) is 5.41 Å². The van der Waals surface area contributed by atoms with Gasteiger partial charge in [0.15, 0.2) is 0 Å². The molecule has 5 nitrogen and oxygen atoms in total. The molecule has 14 heavy (non-hydrogen) atoms. The van der Waals surface area contributed by atoms with Gasteiger partial charge in [-0.05, 0) is 6.42 Å². The Morgan fingerprint density at radius 2 is 2.07 bits per heavy atom. The van der Waals surface area contributed by atoms with Crippen molar-refractivity contribution in [3.05, 3.63) is 11.9 Å². The molecule has 5 heteroatoms. The molecule has 1 heterocycles. The molecule has 1 rings (SSSR count). The third kappa shape index (κ3) is 2.60. The molecule has 82 valence electrons. The van der Waals surface area contributed by atoms with Crippen molar-refractivity contribution >= 4 is 0 Å². The number of hydrogen-bond donors (Lipinski definition) is 4. The van der Waals surface area contributed by atoms with Gasteiger partial charge >= 0.3 is 0 Å². The molecule has 4 N–H and O–H groups in total. The largest absolute Gasteiger partial charge is 0.396 e. The summed E-state index contributed by atoms with van der Waals surface area (Å²) in [5.74, 6) is 0. The van der Waals surface area contributed by atoms with Gasteiger partial charge in [0.25, 0.3) is 0 Å². The molecule has 0 unspecified atom stereocenters. The fourth-order valence-electron chi connectivity index (χ4n) is 1.22. The predicted octanol–water partition coefficient (Wildman–Crippen LogP) is -0.446. The van der Waals surface area contributed by atoms with E-state index in [2.05, 4.69) is 17.9 Å². The second-order valence-electron chi connectivity index (χ2n) is 4.00. The molecule has 0 aromatic rings. The summed E-state index contributed by atoms with van der Waals surface area (Å²) in [7, 11) is 0. The molecular formula is C9H19N3O2. The molecule has 1 aliphatic rings. The summed E-state index contributed by atoms with van der Waals surface area (Å²) in [6, 6.07) is 0. The minimum atomic E-state index is -0.478. The molecule has 0 aliphatic carbocycles. The lowest BCUT2D eigenvalue weighted by atomic mass is 9.93. The van der Waals surface area contributed by atoms with E-state index in [1.807, 2.05) is 18.1 Å². The Morgan fingerprint density at radius 1 is 1.43 bits per heavy atom. The SMILES string of the molecule is CCC1=CN(CC(C)(CO)CO)NN1. The van der Waals surface area contributed by atoms with Crippen LogP contribution in [-0.4, -0.2) is 35.0 Å². The summed E-state index contributed by atoms with van der Waals surface area (Å²) < 4.78 is 0. The Bertz CT molecular complexity index is 214. The predicted molar refractivity (Wildman–Crippen MR) is 53.6 cm³/mol. The van der Waals surface area contributed by atoms with Crippen molar-refractivity contribution in [2.75, 3.05) is 19.8 Å². The summed E-state index contributed by atoms with van der Waals surface area (Å²) >= 11 is 0. The fraction of sp³-hybridized carbons (Fsp3) is 0.778. The van der Waals surface area contributed by atoms with Gasteiger partial charge < -0.3 is 15.6 Å². The molecule has 0 saturated heterocycles. The van der Waals surface area contributed by atoms with Gasteiger partial charge in [-0.15, -0.1) is 5.53 Å². The maximum absolute atomic E-state index is 9.11. The normalized spacial score (nSPS) is 16.9. The second-order valence-corrected chi connectivity index (χ2v) is 4.00. The van der Waals surface area contributed by atoms with E-state index in [0.717, 1.165) is 12.1 Å². The lowest BCUT2D eigenvalue weighted by molar-refractivity contribution is 0.0357. The Morgan fingerprint density at radius 3 is 2.50 bits per heavy atom. The van der Waals surface area contributed by atoms with E-state index in [1.54, 1.807) is 0 Å². The van der Waals surface area contributed by atoms with E-state index >= 15 is 0 Å². The number of nitrogens with zero attached hydrogens (tertiary/aromatic N) is 1. The van der Waals surface area contributed by atoms with Gasteiger partial charge in [-0.2, -0.15) is 0 Å². The second kappa shape index (κ2) is 4.63. The highest BCUT2D eigenvalue weighted by Gasteiger charge is 2.26. The Labute approximate surface area is 84.4 Å². The molecule has 1 aliphatic heterocycles. The van der Waals surface area contributed by atoms with Crippen LogP contribution in [0.1, 0.15) is 20.3 Å². The first-order valence-corrected chi connectivity index (χ1v) is 4.84. The monoisotopic (exact) mass is 201 g/mol. The average Bonchev–Trinajstić information content (AvgIpc) is 2.65. The van der Waals surface area contributed by atoms with Gasteiger partial charge in [0, 0.05) is 23.9 Å². The van der Waals surface area contributed by atoms with E-state index < -0.39 is 5.41 Å². The topological polar surface area (TPSA) is 67.8 Å². The minimum Gasteiger partial charge on any atom is -0.396 e. The summed E-state index contributed by atoms with van der Waals surface area (Å²) in [4.78, 5) is 0. The van der Waals surface area contributed by atoms with E-state index in [0.29, 0.717) is 6.54 Å². The van der Waals surface area contributed by atoms with Gasteiger partial charge in [0.2, 0.25) is 0 Å².